The summed E-state index contributed by atoms with van der Waals surface area (Å²) in [5, 5.41) is 9.08. The Hall–Kier alpha value is -2.25. The van der Waals surface area contributed by atoms with Crippen LogP contribution in [-0.2, 0) is 22.7 Å². The minimum absolute atomic E-state index is 0.108. The van der Waals surface area contributed by atoms with Crippen molar-refractivity contribution in [3.8, 4) is 0 Å². The van der Waals surface area contributed by atoms with Crippen molar-refractivity contribution < 1.29 is 14.4 Å². The summed E-state index contributed by atoms with van der Waals surface area (Å²) >= 11 is 0. The van der Waals surface area contributed by atoms with Gasteiger partial charge in [-0.2, -0.15) is 0 Å². The van der Waals surface area contributed by atoms with Gasteiger partial charge in [0.15, 0.2) is 0 Å². The number of carbonyl (C=O) groups is 3. The molecule has 1 unspecified atom stereocenters. The van der Waals surface area contributed by atoms with Gasteiger partial charge in [-0.05, 0) is 30.5 Å². The van der Waals surface area contributed by atoms with E-state index in [0.29, 0.717) is 31.1 Å². The zero-order valence-corrected chi connectivity index (χ0v) is 14.0. The first-order valence-electron chi connectivity index (χ1n) is 8.83. The standard InChI is InChI=1S/C18H22N4O3/c23-15-5-4-14(17(24)21-15)22-10-12-3-1-2-11(16(12)18(22)25)8-19-9-13-6-7-20-13/h1-3,13-14,19-20H,4-10H2,(H,21,23,24)/t13-,14?/m0/s1. The third kappa shape index (κ3) is 3.05. The third-order valence-electron chi connectivity index (χ3n) is 5.27. The van der Waals surface area contributed by atoms with Crippen molar-refractivity contribution in [3.63, 3.8) is 0 Å². The topological polar surface area (TPSA) is 90.5 Å². The van der Waals surface area contributed by atoms with Crippen molar-refractivity contribution >= 4 is 17.7 Å². The van der Waals surface area contributed by atoms with Crippen LogP contribution in [0.15, 0.2) is 18.2 Å². The Morgan fingerprint density at radius 1 is 1.20 bits per heavy atom. The highest BCUT2D eigenvalue weighted by Crippen LogP contribution is 2.29. The number of piperidine rings is 1. The third-order valence-corrected chi connectivity index (χ3v) is 5.27. The summed E-state index contributed by atoms with van der Waals surface area (Å²) in [5.74, 6) is -0.739. The summed E-state index contributed by atoms with van der Waals surface area (Å²) in [4.78, 5) is 38.0. The molecule has 1 aromatic rings. The first kappa shape index (κ1) is 16.2. The lowest BCUT2D eigenvalue weighted by Gasteiger charge is -2.29. The zero-order chi connectivity index (χ0) is 17.4. The maximum absolute atomic E-state index is 12.9. The Balaban J connectivity index is 1.48. The number of amides is 3. The normalized spacial score (nSPS) is 25.6. The second-order valence-corrected chi connectivity index (χ2v) is 6.92. The van der Waals surface area contributed by atoms with E-state index in [0.717, 1.165) is 24.2 Å². The molecule has 25 heavy (non-hydrogen) atoms. The molecule has 3 amide bonds. The lowest BCUT2D eigenvalue weighted by molar-refractivity contribution is -0.136. The monoisotopic (exact) mass is 342 g/mol. The van der Waals surface area contributed by atoms with Gasteiger partial charge in [0.25, 0.3) is 5.91 Å². The number of imide groups is 1. The first-order chi connectivity index (χ1) is 12.1. The molecule has 132 valence electrons. The fraction of sp³-hybridized carbons (Fsp3) is 0.500. The highest BCUT2D eigenvalue weighted by molar-refractivity contribution is 6.05. The van der Waals surface area contributed by atoms with Gasteiger partial charge >= 0.3 is 0 Å². The summed E-state index contributed by atoms with van der Waals surface area (Å²) in [6, 6.07) is 5.82. The van der Waals surface area contributed by atoms with Gasteiger partial charge in [-0.1, -0.05) is 18.2 Å². The molecule has 0 radical (unpaired) electrons. The average Bonchev–Trinajstić information content (AvgIpc) is 2.87. The van der Waals surface area contributed by atoms with Crippen LogP contribution in [0.5, 0.6) is 0 Å². The van der Waals surface area contributed by atoms with Crippen LogP contribution < -0.4 is 16.0 Å². The Morgan fingerprint density at radius 2 is 2.04 bits per heavy atom. The average molecular weight is 342 g/mol. The lowest BCUT2D eigenvalue weighted by Crippen LogP contribution is -2.52. The van der Waals surface area contributed by atoms with Gasteiger partial charge in [-0.3, -0.25) is 19.7 Å². The first-order valence-corrected chi connectivity index (χ1v) is 8.83. The van der Waals surface area contributed by atoms with Crippen molar-refractivity contribution in [2.24, 2.45) is 0 Å². The fourth-order valence-electron chi connectivity index (χ4n) is 3.74. The van der Waals surface area contributed by atoms with Gasteiger partial charge in [-0.15, -0.1) is 0 Å². The van der Waals surface area contributed by atoms with Gasteiger partial charge < -0.3 is 15.5 Å². The van der Waals surface area contributed by atoms with Crippen LogP contribution in [0.1, 0.15) is 40.7 Å². The molecule has 3 aliphatic rings. The van der Waals surface area contributed by atoms with Crippen molar-refractivity contribution in [2.45, 2.75) is 44.4 Å². The van der Waals surface area contributed by atoms with E-state index < -0.39 is 6.04 Å². The molecule has 1 aromatic carbocycles. The quantitative estimate of drug-likeness (QED) is 0.650. The van der Waals surface area contributed by atoms with E-state index in [1.165, 1.54) is 6.42 Å². The van der Waals surface area contributed by atoms with Crippen LogP contribution in [0.4, 0.5) is 0 Å². The highest BCUT2D eigenvalue weighted by Gasteiger charge is 2.39. The van der Waals surface area contributed by atoms with Gasteiger partial charge in [0, 0.05) is 37.7 Å². The Bertz CT molecular complexity index is 729. The van der Waals surface area contributed by atoms with Crippen LogP contribution in [0.3, 0.4) is 0 Å². The molecule has 0 aromatic heterocycles. The molecule has 2 atom stereocenters. The van der Waals surface area contributed by atoms with Crippen LogP contribution >= 0.6 is 0 Å². The van der Waals surface area contributed by atoms with Gasteiger partial charge in [0.2, 0.25) is 11.8 Å². The second kappa shape index (κ2) is 6.57. The van der Waals surface area contributed by atoms with Gasteiger partial charge in [0.05, 0.1) is 0 Å². The molecule has 0 bridgehead atoms. The Labute approximate surface area is 146 Å². The van der Waals surface area contributed by atoms with Crippen LogP contribution in [0.2, 0.25) is 0 Å². The molecule has 3 heterocycles. The van der Waals surface area contributed by atoms with E-state index in [4.69, 9.17) is 0 Å². The number of carbonyl (C=O) groups excluding carboxylic acids is 3. The summed E-state index contributed by atoms with van der Waals surface area (Å²) in [5.41, 5.74) is 2.63. The van der Waals surface area contributed by atoms with Crippen molar-refractivity contribution in [3.05, 3.63) is 34.9 Å². The molecule has 2 fully saturated rings. The number of nitrogens with one attached hydrogen (secondary N) is 3. The molecule has 0 aliphatic carbocycles. The van der Waals surface area contributed by atoms with Crippen LogP contribution in [0.25, 0.3) is 0 Å². The molecular formula is C18H22N4O3. The number of benzene rings is 1. The lowest BCUT2D eigenvalue weighted by atomic mass is 10.0. The van der Waals surface area contributed by atoms with Gasteiger partial charge in [-0.25, -0.2) is 0 Å². The van der Waals surface area contributed by atoms with Crippen molar-refractivity contribution in [1.82, 2.24) is 20.9 Å². The molecule has 0 saturated carbocycles. The maximum Gasteiger partial charge on any atom is 0.255 e. The molecule has 3 N–H and O–H groups in total. The second-order valence-electron chi connectivity index (χ2n) is 6.92. The largest absolute Gasteiger partial charge is 0.322 e. The molecule has 7 heteroatoms. The molecular weight excluding hydrogens is 320 g/mol. The minimum Gasteiger partial charge on any atom is -0.322 e. The summed E-state index contributed by atoms with van der Waals surface area (Å²) < 4.78 is 0. The van der Waals surface area contributed by atoms with Crippen molar-refractivity contribution in [2.75, 3.05) is 13.1 Å². The smallest absolute Gasteiger partial charge is 0.255 e. The van der Waals surface area contributed by atoms with E-state index in [-0.39, 0.29) is 24.1 Å². The summed E-state index contributed by atoms with van der Waals surface area (Å²) in [6.45, 7) is 3.02. The SMILES string of the molecule is O=C1CCC(N2Cc3cccc(CNC[C@@H]4CCN4)c3C2=O)C(=O)N1. The summed E-state index contributed by atoms with van der Waals surface area (Å²) in [6.07, 6.45) is 1.85. The summed E-state index contributed by atoms with van der Waals surface area (Å²) in [7, 11) is 0. The van der Waals surface area contributed by atoms with Gasteiger partial charge in [0.1, 0.15) is 6.04 Å². The molecule has 7 nitrogen and oxygen atoms in total. The molecule has 4 rings (SSSR count). The number of hydrogen-bond donors (Lipinski definition) is 3. The number of hydrogen-bond acceptors (Lipinski definition) is 5. The fourth-order valence-corrected chi connectivity index (χ4v) is 3.74. The van der Waals surface area contributed by atoms with E-state index in [2.05, 4.69) is 16.0 Å². The predicted molar refractivity (Wildman–Crippen MR) is 90.6 cm³/mol. The van der Waals surface area contributed by atoms with E-state index >= 15 is 0 Å². The van der Waals surface area contributed by atoms with Crippen LogP contribution in [0, 0.1) is 0 Å². The Morgan fingerprint density at radius 3 is 2.76 bits per heavy atom. The highest BCUT2D eigenvalue weighted by atomic mass is 16.2. The van der Waals surface area contributed by atoms with E-state index in [1.54, 1.807) is 4.90 Å². The number of nitrogens with zero attached hydrogens (tertiary/aromatic N) is 1. The number of fused-ring (bicyclic) bond motifs is 1. The maximum atomic E-state index is 12.9. The minimum atomic E-state index is -0.558. The van der Waals surface area contributed by atoms with E-state index in [1.807, 2.05) is 18.2 Å². The zero-order valence-electron chi connectivity index (χ0n) is 14.0. The molecule has 2 saturated heterocycles. The predicted octanol–water partition coefficient (Wildman–Crippen LogP) is -0.101. The Kier molecular flexibility index (Phi) is 4.27. The number of rotatable bonds is 5. The van der Waals surface area contributed by atoms with Crippen molar-refractivity contribution in [1.29, 1.82) is 0 Å². The molecule has 3 aliphatic heterocycles. The van der Waals surface area contributed by atoms with E-state index in [9.17, 15) is 14.4 Å². The molecule has 0 spiro atoms. The van der Waals surface area contributed by atoms with Crippen LogP contribution in [-0.4, -0.2) is 47.8 Å².